The third kappa shape index (κ3) is 7.71. The number of anilines is 2. The molecular weight excluding hydrogens is 485 g/mol. The number of hydrazine groups is 1. The van der Waals surface area contributed by atoms with Crippen LogP contribution in [-0.2, 0) is 16.7 Å². The summed E-state index contributed by atoms with van der Waals surface area (Å²) in [5.41, 5.74) is 4.28. The minimum atomic E-state index is -4.56. The number of nitrogens with one attached hydrogen (secondary N) is 4. The Bertz CT molecular complexity index is 1240. The van der Waals surface area contributed by atoms with Gasteiger partial charge in [-0.2, -0.15) is 13.2 Å². The van der Waals surface area contributed by atoms with Crippen LogP contribution in [0.25, 0.3) is 0 Å². The lowest BCUT2D eigenvalue weighted by molar-refractivity contribution is -0.137. The molecule has 0 atom stereocenters. The third-order valence-electron chi connectivity index (χ3n) is 4.26. The number of carbonyl (C=O) groups excluding carboxylic acids is 3. The van der Waals surface area contributed by atoms with E-state index in [0.29, 0.717) is 16.6 Å². The molecule has 0 bridgehead atoms. The molecule has 9 nitrogen and oxygen atoms in total. The van der Waals surface area contributed by atoms with Crippen molar-refractivity contribution in [2.45, 2.75) is 23.9 Å². The van der Waals surface area contributed by atoms with Gasteiger partial charge in [0.2, 0.25) is 5.91 Å². The molecule has 4 N–H and O–H groups in total. The molecule has 0 unspecified atom stereocenters. The summed E-state index contributed by atoms with van der Waals surface area (Å²) < 4.78 is 38.4. The van der Waals surface area contributed by atoms with Gasteiger partial charge in [-0.3, -0.25) is 15.0 Å². The highest BCUT2D eigenvalue weighted by Crippen LogP contribution is 2.30. The van der Waals surface area contributed by atoms with Crippen molar-refractivity contribution in [2.24, 2.45) is 0 Å². The number of hydrogen-bond donors (Lipinski definition) is 4. The van der Waals surface area contributed by atoms with E-state index in [2.05, 4.69) is 31.5 Å². The van der Waals surface area contributed by atoms with Crippen molar-refractivity contribution in [2.75, 3.05) is 10.6 Å². The van der Waals surface area contributed by atoms with Crippen molar-refractivity contribution in [3.8, 4) is 0 Å². The highest BCUT2D eigenvalue weighted by Gasteiger charge is 2.30. The topological polar surface area (TPSA) is 125 Å². The molecule has 0 aliphatic rings. The van der Waals surface area contributed by atoms with Gasteiger partial charge in [-0.25, -0.2) is 20.2 Å². The van der Waals surface area contributed by atoms with Gasteiger partial charge < -0.3 is 10.6 Å². The monoisotopic (exact) mass is 504 g/mol. The van der Waals surface area contributed by atoms with Crippen molar-refractivity contribution in [1.29, 1.82) is 0 Å². The molecule has 0 spiro atoms. The minimum Gasteiger partial charge on any atom is -0.311 e. The van der Waals surface area contributed by atoms with Gasteiger partial charge in [0.15, 0.2) is 0 Å². The fraction of sp³-hybridized carbons (Fsp3) is 0.136. The van der Waals surface area contributed by atoms with Gasteiger partial charge in [0.05, 0.1) is 11.1 Å². The van der Waals surface area contributed by atoms with E-state index in [-0.39, 0.29) is 17.2 Å². The number of alkyl halides is 3. The van der Waals surface area contributed by atoms with Crippen LogP contribution in [0.1, 0.15) is 28.4 Å². The summed E-state index contributed by atoms with van der Waals surface area (Å²) in [4.78, 5) is 44.1. The molecule has 0 fully saturated rings. The van der Waals surface area contributed by atoms with E-state index in [0.717, 1.165) is 23.8 Å². The Balaban J connectivity index is 1.59. The van der Waals surface area contributed by atoms with Gasteiger partial charge in [0.1, 0.15) is 10.8 Å². The largest absolute Gasteiger partial charge is 0.416 e. The van der Waals surface area contributed by atoms with E-state index in [1.165, 1.54) is 37.0 Å². The first kappa shape index (κ1) is 25.5. The van der Waals surface area contributed by atoms with Gasteiger partial charge in [-0.05, 0) is 48.0 Å². The summed E-state index contributed by atoms with van der Waals surface area (Å²) in [6.45, 7) is 1.37. The smallest absolute Gasteiger partial charge is 0.311 e. The molecule has 0 saturated heterocycles. The zero-order valence-electron chi connectivity index (χ0n) is 18.1. The van der Waals surface area contributed by atoms with Crippen LogP contribution in [0.5, 0.6) is 0 Å². The Kier molecular flexibility index (Phi) is 8.25. The van der Waals surface area contributed by atoms with Crippen LogP contribution < -0.4 is 21.5 Å². The van der Waals surface area contributed by atoms with E-state index < -0.39 is 23.7 Å². The quantitative estimate of drug-likeness (QED) is 0.294. The Morgan fingerprint density at radius 3 is 2.49 bits per heavy atom. The summed E-state index contributed by atoms with van der Waals surface area (Å²) in [6, 6.07) is 9.64. The molecule has 2 aromatic heterocycles. The van der Waals surface area contributed by atoms with Crippen molar-refractivity contribution in [3.05, 3.63) is 77.6 Å². The van der Waals surface area contributed by atoms with Crippen LogP contribution in [0.15, 0.2) is 66.0 Å². The first-order chi connectivity index (χ1) is 16.6. The van der Waals surface area contributed by atoms with Crippen LogP contribution in [-0.4, -0.2) is 27.8 Å². The van der Waals surface area contributed by atoms with Crippen LogP contribution in [0.4, 0.5) is 29.5 Å². The average Bonchev–Trinajstić information content (AvgIpc) is 2.81. The number of hydrogen-bond acceptors (Lipinski definition) is 6. The maximum Gasteiger partial charge on any atom is 0.416 e. The lowest BCUT2D eigenvalue weighted by atomic mass is 10.2. The van der Waals surface area contributed by atoms with E-state index in [1.54, 1.807) is 24.4 Å². The molecule has 3 rings (SSSR count). The Labute approximate surface area is 201 Å². The number of urea groups is 1. The van der Waals surface area contributed by atoms with Crippen molar-refractivity contribution in [1.82, 2.24) is 20.8 Å². The lowest BCUT2D eigenvalue weighted by Gasteiger charge is -2.12. The summed E-state index contributed by atoms with van der Waals surface area (Å²) in [5.74, 6) is -0.120. The predicted octanol–water partition coefficient (Wildman–Crippen LogP) is 4.21. The molecule has 2 heterocycles. The van der Waals surface area contributed by atoms with Crippen LogP contribution >= 0.6 is 11.8 Å². The molecule has 0 aliphatic heterocycles. The Morgan fingerprint density at radius 1 is 0.943 bits per heavy atom. The van der Waals surface area contributed by atoms with Gasteiger partial charge in [0.25, 0.3) is 5.91 Å². The van der Waals surface area contributed by atoms with Crippen LogP contribution in [0.2, 0.25) is 0 Å². The van der Waals surface area contributed by atoms with Gasteiger partial charge >= 0.3 is 12.2 Å². The number of carbonyl (C=O) groups is 3. The first-order valence-electron chi connectivity index (χ1n) is 9.97. The summed E-state index contributed by atoms with van der Waals surface area (Å²) in [6.07, 6.45) is -1.51. The van der Waals surface area contributed by atoms with Crippen molar-refractivity contribution < 1.29 is 27.6 Å². The second-order valence-electron chi connectivity index (χ2n) is 6.99. The number of pyridine rings is 2. The second-order valence-corrected chi connectivity index (χ2v) is 7.95. The second kappa shape index (κ2) is 11.3. The third-order valence-corrected chi connectivity index (χ3v) is 5.33. The van der Waals surface area contributed by atoms with Crippen LogP contribution in [0.3, 0.4) is 0 Å². The molecule has 3 aromatic rings. The number of amides is 4. The average molecular weight is 504 g/mol. The highest BCUT2D eigenvalue weighted by molar-refractivity contribution is 7.98. The number of halogens is 3. The molecule has 35 heavy (non-hydrogen) atoms. The normalized spacial score (nSPS) is 10.9. The standard InChI is InChI=1S/C22H19F3N6O3S/c1-13(32)28-18-10-14(7-9-26-18)12-35-20-17(6-3-8-27-20)19(33)30-31-21(34)29-16-5-2-4-15(11-16)22(23,24)25/h2-11H,12H2,1H3,(H,30,33)(H,26,28,32)(H2,29,31,34). The van der Waals surface area contributed by atoms with Crippen molar-refractivity contribution >= 4 is 41.1 Å². The van der Waals surface area contributed by atoms with Gasteiger partial charge in [0, 0.05) is 30.8 Å². The highest BCUT2D eigenvalue weighted by atomic mass is 32.2. The van der Waals surface area contributed by atoms with E-state index in [9.17, 15) is 27.6 Å². The minimum absolute atomic E-state index is 0.0971. The molecule has 0 aliphatic carbocycles. The molecule has 13 heteroatoms. The Morgan fingerprint density at radius 2 is 1.74 bits per heavy atom. The molecule has 182 valence electrons. The molecule has 0 saturated carbocycles. The summed E-state index contributed by atoms with van der Waals surface area (Å²) in [5, 5.41) is 5.18. The summed E-state index contributed by atoms with van der Waals surface area (Å²) in [7, 11) is 0. The fourth-order valence-corrected chi connectivity index (χ4v) is 3.69. The molecule has 1 aromatic carbocycles. The number of benzene rings is 1. The van der Waals surface area contributed by atoms with Gasteiger partial charge in [-0.15, -0.1) is 11.8 Å². The van der Waals surface area contributed by atoms with E-state index in [1.807, 2.05) is 0 Å². The van der Waals surface area contributed by atoms with E-state index >= 15 is 0 Å². The Hall–Kier alpha value is -4.13. The van der Waals surface area contributed by atoms with Crippen LogP contribution in [0, 0.1) is 0 Å². The fourth-order valence-electron chi connectivity index (χ4n) is 2.76. The summed E-state index contributed by atoms with van der Waals surface area (Å²) >= 11 is 1.25. The first-order valence-corrected chi connectivity index (χ1v) is 11.0. The van der Waals surface area contributed by atoms with Gasteiger partial charge in [-0.1, -0.05) is 6.07 Å². The SMILES string of the molecule is CC(=O)Nc1cc(CSc2ncccc2C(=O)NNC(=O)Nc2cccc(C(F)(F)F)c2)ccn1. The number of aromatic nitrogens is 2. The van der Waals surface area contributed by atoms with Crippen molar-refractivity contribution in [3.63, 3.8) is 0 Å². The number of rotatable bonds is 6. The van der Waals surface area contributed by atoms with E-state index in [4.69, 9.17) is 0 Å². The molecular formula is C22H19F3N6O3S. The lowest BCUT2D eigenvalue weighted by Crippen LogP contribution is -2.44. The predicted molar refractivity (Wildman–Crippen MR) is 123 cm³/mol. The zero-order valence-corrected chi connectivity index (χ0v) is 19.0. The maximum absolute atomic E-state index is 12.8. The number of nitrogens with zero attached hydrogens (tertiary/aromatic N) is 2. The zero-order chi connectivity index (χ0) is 25.4. The molecule has 0 radical (unpaired) electrons. The number of thioether (sulfide) groups is 1. The maximum atomic E-state index is 12.8. The molecule has 4 amide bonds.